The molecule has 1 aliphatic heterocycles. The number of thiophene rings is 1. The highest BCUT2D eigenvalue weighted by molar-refractivity contribution is 7.10. The van der Waals surface area contributed by atoms with Gasteiger partial charge in [-0.2, -0.15) is 0 Å². The largest absolute Gasteiger partial charge is 0.378 e. The van der Waals surface area contributed by atoms with Crippen LogP contribution in [0.15, 0.2) is 11.4 Å². The van der Waals surface area contributed by atoms with Crippen molar-refractivity contribution >= 4 is 28.7 Å². The molecule has 18 heavy (non-hydrogen) atoms. The van der Waals surface area contributed by atoms with Crippen molar-refractivity contribution in [3.63, 3.8) is 0 Å². The minimum atomic E-state index is 0.202. The molecule has 1 fully saturated rings. The molecule has 0 radical (unpaired) electrons. The smallest absolute Gasteiger partial charge is 0.140 e. The number of carbonyl (C=O) groups excluding carboxylic acids is 1. The highest BCUT2D eigenvalue weighted by Gasteiger charge is 2.14. The summed E-state index contributed by atoms with van der Waals surface area (Å²) < 4.78 is 5.71. The predicted molar refractivity (Wildman–Crippen MR) is 74.5 cm³/mol. The fourth-order valence-electron chi connectivity index (χ4n) is 2.02. The number of nitrogens with one attached hydrogen (secondary N) is 1. The van der Waals surface area contributed by atoms with Crippen molar-refractivity contribution in [3.05, 3.63) is 21.3 Å². The molecule has 0 amide bonds. The summed E-state index contributed by atoms with van der Waals surface area (Å²) in [5.74, 6) is 0.202. The molecule has 2 rings (SSSR count). The topological polar surface area (TPSA) is 38.3 Å². The van der Waals surface area contributed by atoms with E-state index in [9.17, 15) is 4.79 Å². The van der Waals surface area contributed by atoms with E-state index in [0.717, 1.165) is 30.8 Å². The van der Waals surface area contributed by atoms with Gasteiger partial charge in [-0.05, 0) is 37.4 Å². The average Bonchev–Trinajstić information content (AvgIpc) is 2.76. The zero-order chi connectivity index (χ0) is 12.8. The lowest BCUT2D eigenvalue weighted by Crippen LogP contribution is -2.32. The van der Waals surface area contributed by atoms with Gasteiger partial charge in [-0.1, -0.05) is 11.6 Å². The number of halogens is 1. The van der Waals surface area contributed by atoms with Crippen molar-refractivity contribution in [3.8, 4) is 0 Å². The Morgan fingerprint density at radius 3 is 2.94 bits per heavy atom. The van der Waals surface area contributed by atoms with E-state index in [-0.39, 0.29) is 5.78 Å². The van der Waals surface area contributed by atoms with Gasteiger partial charge in [-0.15, -0.1) is 11.3 Å². The van der Waals surface area contributed by atoms with Gasteiger partial charge < -0.3 is 10.1 Å². The SMILES string of the molecule is O=C(CCOC1CCNCC1)Cc1sccc1Cl. The number of ketones is 1. The molecule has 0 unspecified atom stereocenters. The molecule has 0 aromatic carbocycles. The van der Waals surface area contributed by atoms with E-state index < -0.39 is 0 Å². The van der Waals surface area contributed by atoms with Gasteiger partial charge in [0.05, 0.1) is 17.7 Å². The maximum absolute atomic E-state index is 11.8. The van der Waals surface area contributed by atoms with Crippen LogP contribution in [0.3, 0.4) is 0 Å². The number of ether oxygens (including phenoxy) is 1. The first kappa shape index (κ1) is 14.0. The summed E-state index contributed by atoms with van der Waals surface area (Å²) in [7, 11) is 0. The fraction of sp³-hybridized carbons (Fsp3) is 0.615. The molecule has 0 spiro atoms. The molecule has 0 aliphatic carbocycles. The predicted octanol–water partition coefficient (Wildman–Crippen LogP) is 2.67. The first-order chi connectivity index (χ1) is 8.75. The zero-order valence-electron chi connectivity index (χ0n) is 10.3. The van der Waals surface area contributed by atoms with Gasteiger partial charge in [0.1, 0.15) is 5.78 Å². The number of hydrogen-bond donors (Lipinski definition) is 1. The molecule has 1 N–H and O–H groups in total. The summed E-state index contributed by atoms with van der Waals surface area (Å²) in [5, 5.41) is 5.90. The molecule has 100 valence electrons. The summed E-state index contributed by atoms with van der Waals surface area (Å²) in [6, 6.07) is 1.83. The van der Waals surface area contributed by atoms with Gasteiger partial charge >= 0.3 is 0 Å². The van der Waals surface area contributed by atoms with Crippen LogP contribution in [-0.4, -0.2) is 31.6 Å². The second-order valence-corrected chi connectivity index (χ2v) is 5.89. The molecule has 1 aliphatic rings. The second-order valence-electron chi connectivity index (χ2n) is 4.48. The Bertz CT molecular complexity index is 388. The van der Waals surface area contributed by atoms with Gasteiger partial charge in [-0.25, -0.2) is 0 Å². The molecule has 1 aromatic rings. The standard InChI is InChI=1S/C13H18ClNO2S/c14-12-4-8-18-13(12)9-10(16)3-7-17-11-1-5-15-6-2-11/h4,8,11,15H,1-3,5-7,9H2. The van der Waals surface area contributed by atoms with Crippen LogP contribution < -0.4 is 5.32 Å². The lowest BCUT2D eigenvalue weighted by molar-refractivity contribution is -0.120. The Hall–Kier alpha value is -0.420. The van der Waals surface area contributed by atoms with Crippen LogP contribution in [0.2, 0.25) is 5.02 Å². The maximum Gasteiger partial charge on any atom is 0.140 e. The van der Waals surface area contributed by atoms with Crippen molar-refractivity contribution in [1.29, 1.82) is 0 Å². The third-order valence-electron chi connectivity index (χ3n) is 3.07. The van der Waals surface area contributed by atoms with E-state index in [1.807, 2.05) is 11.4 Å². The summed E-state index contributed by atoms with van der Waals surface area (Å²) in [6.45, 7) is 2.57. The van der Waals surface area contributed by atoms with E-state index in [0.29, 0.717) is 30.6 Å². The van der Waals surface area contributed by atoms with Crippen molar-refractivity contribution < 1.29 is 9.53 Å². The molecule has 1 saturated heterocycles. The van der Waals surface area contributed by atoms with E-state index in [1.165, 1.54) is 11.3 Å². The number of Topliss-reactive ketones (excluding diaryl/α,β-unsaturated/α-hetero) is 1. The molecule has 0 saturated carbocycles. The van der Waals surface area contributed by atoms with Crippen LogP contribution in [0.4, 0.5) is 0 Å². The molecule has 0 bridgehead atoms. The average molecular weight is 288 g/mol. The summed E-state index contributed by atoms with van der Waals surface area (Å²) in [4.78, 5) is 12.7. The zero-order valence-corrected chi connectivity index (χ0v) is 11.9. The maximum atomic E-state index is 11.8. The van der Waals surface area contributed by atoms with E-state index in [4.69, 9.17) is 16.3 Å². The van der Waals surface area contributed by atoms with E-state index >= 15 is 0 Å². The number of piperidine rings is 1. The highest BCUT2D eigenvalue weighted by Crippen LogP contribution is 2.22. The first-order valence-corrected chi connectivity index (χ1v) is 7.57. The lowest BCUT2D eigenvalue weighted by Gasteiger charge is -2.22. The third kappa shape index (κ3) is 4.35. The number of rotatable bonds is 6. The van der Waals surface area contributed by atoms with E-state index in [1.54, 1.807) is 0 Å². The number of hydrogen-bond acceptors (Lipinski definition) is 4. The van der Waals surface area contributed by atoms with Crippen molar-refractivity contribution in [2.45, 2.75) is 31.8 Å². The Labute approximate surface area is 116 Å². The molecule has 0 atom stereocenters. The van der Waals surface area contributed by atoms with Gasteiger partial charge in [-0.3, -0.25) is 4.79 Å². The highest BCUT2D eigenvalue weighted by atomic mass is 35.5. The Kier molecular flexibility index (Phi) is 5.63. The van der Waals surface area contributed by atoms with Gasteiger partial charge in [0.25, 0.3) is 0 Å². The van der Waals surface area contributed by atoms with Gasteiger partial charge in [0.15, 0.2) is 0 Å². The summed E-state index contributed by atoms with van der Waals surface area (Å²) in [6.07, 6.45) is 3.34. The monoisotopic (exact) mass is 287 g/mol. The Balaban J connectivity index is 1.64. The minimum absolute atomic E-state index is 0.202. The molecule has 1 aromatic heterocycles. The molecule has 3 nitrogen and oxygen atoms in total. The minimum Gasteiger partial charge on any atom is -0.378 e. The third-order valence-corrected chi connectivity index (χ3v) is 4.46. The molecular weight excluding hydrogens is 270 g/mol. The Morgan fingerprint density at radius 1 is 1.50 bits per heavy atom. The summed E-state index contributed by atoms with van der Waals surface area (Å²) >= 11 is 7.50. The van der Waals surface area contributed by atoms with Crippen LogP contribution in [0.1, 0.15) is 24.1 Å². The first-order valence-electron chi connectivity index (χ1n) is 6.31. The van der Waals surface area contributed by atoms with Crippen LogP contribution in [0, 0.1) is 0 Å². The van der Waals surface area contributed by atoms with Gasteiger partial charge in [0, 0.05) is 17.7 Å². The lowest BCUT2D eigenvalue weighted by atomic mass is 10.1. The van der Waals surface area contributed by atoms with Crippen molar-refractivity contribution in [2.75, 3.05) is 19.7 Å². The fourth-order valence-corrected chi connectivity index (χ4v) is 3.15. The Morgan fingerprint density at radius 2 is 2.28 bits per heavy atom. The second kappa shape index (κ2) is 7.24. The van der Waals surface area contributed by atoms with Crippen LogP contribution in [0.25, 0.3) is 0 Å². The van der Waals surface area contributed by atoms with Crippen LogP contribution >= 0.6 is 22.9 Å². The van der Waals surface area contributed by atoms with Crippen molar-refractivity contribution in [2.24, 2.45) is 0 Å². The molecule has 5 heteroatoms. The quantitative estimate of drug-likeness (QED) is 0.874. The normalized spacial score (nSPS) is 16.9. The van der Waals surface area contributed by atoms with Crippen molar-refractivity contribution in [1.82, 2.24) is 5.32 Å². The summed E-state index contributed by atoms with van der Waals surface area (Å²) in [5.41, 5.74) is 0. The van der Waals surface area contributed by atoms with E-state index in [2.05, 4.69) is 5.32 Å². The van der Waals surface area contributed by atoms with Crippen LogP contribution in [-0.2, 0) is 16.0 Å². The van der Waals surface area contributed by atoms with Crippen LogP contribution in [0.5, 0.6) is 0 Å². The molecule has 2 heterocycles. The van der Waals surface area contributed by atoms with Gasteiger partial charge in [0.2, 0.25) is 0 Å². The molecular formula is C13H18ClNO2S. The number of carbonyl (C=O) groups is 1.